The Morgan fingerprint density at radius 2 is 1.95 bits per heavy atom. The van der Waals surface area contributed by atoms with Crippen LogP contribution in [0.5, 0.6) is 0 Å². The fourth-order valence-electron chi connectivity index (χ4n) is 2.57. The van der Waals surface area contributed by atoms with Crippen LogP contribution in [0.3, 0.4) is 0 Å². The SMILES string of the molecule is CNCC1CCN(S(=O)(=O)c2ccc(F)c(C)c2)CC1.Cl. The topological polar surface area (TPSA) is 49.4 Å². The Bertz CT molecular complexity index is 572. The fraction of sp³-hybridized carbons (Fsp3) is 0.571. The molecule has 21 heavy (non-hydrogen) atoms. The average Bonchev–Trinajstić information content (AvgIpc) is 2.43. The van der Waals surface area contributed by atoms with E-state index in [2.05, 4.69) is 5.32 Å². The third-order valence-electron chi connectivity index (χ3n) is 3.83. The summed E-state index contributed by atoms with van der Waals surface area (Å²) in [5.74, 6) is 0.151. The highest BCUT2D eigenvalue weighted by molar-refractivity contribution is 7.89. The molecule has 1 heterocycles. The summed E-state index contributed by atoms with van der Waals surface area (Å²) in [5.41, 5.74) is 0.358. The van der Waals surface area contributed by atoms with E-state index in [0.29, 0.717) is 24.6 Å². The molecule has 0 aromatic heterocycles. The van der Waals surface area contributed by atoms with Crippen molar-refractivity contribution in [1.82, 2.24) is 9.62 Å². The van der Waals surface area contributed by atoms with Crippen LogP contribution < -0.4 is 5.32 Å². The van der Waals surface area contributed by atoms with E-state index in [1.54, 1.807) is 6.92 Å². The lowest BCUT2D eigenvalue weighted by Crippen LogP contribution is -2.40. The average molecular weight is 337 g/mol. The van der Waals surface area contributed by atoms with Gasteiger partial charge in [0, 0.05) is 13.1 Å². The van der Waals surface area contributed by atoms with Crippen LogP contribution in [-0.4, -0.2) is 39.4 Å². The Balaban J connectivity index is 0.00000220. The summed E-state index contributed by atoms with van der Waals surface area (Å²) < 4.78 is 39.8. The zero-order valence-electron chi connectivity index (χ0n) is 12.3. The van der Waals surface area contributed by atoms with E-state index in [0.717, 1.165) is 19.4 Å². The molecule has 0 radical (unpaired) electrons. The van der Waals surface area contributed by atoms with E-state index < -0.39 is 10.0 Å². The molecule has 1 aliphatic heterocycles. The molecule has 0 bridgehead atoms. The van der Waals surface area contributed by atoms with Crippen LogP contribution in [0, 0.1) is 18.7 Å². The van der Waals surface area contributed by atoms with Gasteiger partial charge in [0.25, 0.3) is 0 Å². The minimum Gasteiger partial charge on any atom is -0.319 e. The van der Waals surface area contributed by atoms with Crippen LogP contribution in [0.25, 0.3) is 0 Å². The second-order valence-electron chi connectivity index (χ2n) is 5.32. The van der Waals surface area contributed by atoms with Gasteiger partial charge in [-0.05, 0) is 63.0 Å². The van der Waals surface area contributed by atoms with Gasteiger partial charge in [0.05, 0.1) is 4.90 Å². The van der Waals surface area contributed by atoms with Crippen molar-refractivity contribution in [1.29, 1.82) is 0 Å². The van der Waals surface area contributed by atoms with Gasteiger partial charge in [-0.3, -0.25) is 0 Å². The van der Waals surface area contributed by atoms with Gasteiger partial charge < -0.3 is 5.32 Å². The van der Waals surface area contributed by atoms with Crippen molar-refractivity contribution in [3.63, 3.8) is 0 Å². The molecule has 1 aromatic carbocycles. The van der Waals surface area contributed by atoms with Crippen molar-refractivity contribution in [2.24, 2.45) is 5.92 Å². The highest BCUT2D eigenvalue weighted by Crippen LogP contribution is 2.24. The maximum Gasteiger partial charge on any atom is 0.243 e. The highest BCUT2D eigenvalue weighted by Gasteiger charge is 2.29. The fourth-order valence-corrected chi connectivity index (χ4v) is 4.12. The number of sulfonamides is 1. The summed E-state index contributed by atoms with van der Waals surface area (Å²) >= 11 is 0. The molecule has 0 spiro atoms. The molecule has 0 unspecified atom stereocenters. The minimum atomic E-state index is -3.49. The van der Waals surface area contributed by atoms with Gasteiger partial charge >= 0.3 is 0 Å². The van der Waals surface area contributed by atoms with E-state index >= 15 is 0 Å². The third kappa shape index (κ3) is 4.16. The van der Waals surface area contributed by atoms with E-state index in [1.807, 2.05) is 7.05 Å². The summed E-state index contributed by atoms with van der Waals surface area (Å²) in [4.78, 5) is 0.184. The number of halogens is 2. The van der Waals surface area contributed by atoms with Gasteiger partial charge in [-0.1, -0.05) is 0 Å². The molecule has 2 rings (SSSR count). The zero-order valence-corrected chi connectivity index (χ0v) is 13.9. The van der Waals surface area contributed by atoms with Gasteiger partial charge in [-0.25, -0.2) is 12.8 Å². The molecule has 0 saturated carbocycles. The van der Waals surface area contributed by atoms with Crippen LogP contribution in [0.4, 0.5) is 4.39 Å². The minimum absolute atomic E-state index is 0. The quantitative estimate of drug-likeness (QED) is 0.916. The Kier molecular flexibility index (Phi) is 6.59. The molecular formula is C14H22ClFN2O2S. The third-order valence-corrected chi connectivity index (χ3v) is 5.73. The summed E-state index contributed by atoms with van der Waals surface area (Å²) in [6.45, 7) is 3.56. The number of hydrogen-bond acceptors (Lipinski definition) is 3. The molecule has 0 amide bonds. The first-order valence-electron chi connectivity index (χ1n) is 6.86. The van der Waals surface area contributed by atoms with Gasteiger partial charge in [-0.15, -0.1) is 12.4 Å². The molecule has 1 aliphatic rings. The normalized spacial score (nSPS) is 17.5. The number of hydrogen-bond donors (Lipinski definition) is 1. The lowest BCUT2D eigenvalue weighted by atomic mass is 9.98. The van der Waals surface area contributed by atoms with Crippen LogP contribution in [-0.2, 0) is 10.0 Å². The number of piperidine rings is 1. The molecule has 0 atom stereocenters. The van der Waals surface area contributed by atoms with Crippen molar-refractivity contribution >= 4 is 22.4 Å². The molecule has 1 fully saturated rings. The maximum absolute atomic E-state index is 13.2. The van der Waals surface area contributed by atoms with E-state index in [9.17, 15) is 12.8 Å². The van der Waals surface area contributed by atoms with Crippen molar-refractivity contribution < 1.29 is 12.8 Å². The van der Waals surface area contributed by atoms with Gasteiger partial charge in [-0.2, -0.15) is 4.31 Å². The lowest BCUT2D eigenvalue weighted by molar-refractivity contribution is 0.270. The Labute approximate surface area is 132 Å². The summed E-state index contributed by atoms with van der Waals surface area (Å²) in [5, 5.41) is 3.13. The van der Waals surface area contributed by atoms with Crippen LogP contribution in [0.1, 0.15) is 18.4 Å². The Morgan fingerprint density at radius 3 is 2.48 bits per heavy atom. The van der Waals surface area contributed by atoms with Gasteiger partial charge in [0.15, 0.2) is 0 Å². The molecule has 1 aromatic rings. The van der Waals surface area contributed by atoms with Crippen molar-refractivity contribution in [3.05, 3.63) is 29.6 Å². The Morgan fingerprint density at radius 1 is 1.33 bits per heavy atom. The first kappa shape index (κ1) is 18.4. The van der Waals surface area contributed by atoms with Crippen LogP contribution >= 0.6 is 12.4 Å². The first-order chi connectivity index (χ1) is 9.45. The second-order valence-corrected chi connectivity index (χ2v) is 7.25. The summed E-state index contributed by atoms with van der Waals surface area (Å²) in [7, 11) is -1.59. The number of aryl methyl sites for hydroxylation is 1. The van der Waals surface area contributed by atoms with E-state index in [4.69, 9.17) is 0 Å². The molecule has 1 N–H and O–H groups in total. The zero-order chi connectivity index (χ0) is 14.8. The van der Waals surface area contributed by atoms with Crippen molar-refractivity contribution in [2.75, 3.05) is 26.7 Å². The van der Waals surface area contributed by atoms with E-state index in [-0.39, 0.29) is 23.1 Å². The maximum atomic E-state index is 13.2. The van der Waals surface area contributed by atoms with Crippen molar-refractivity contribution in [2.45, 2.75) is 24.7 Å². The number of benzene rings is 1. The van der Waals surface area contributed by atoms with Gasteiger partial charge in [0.2, 0.25) is 10.0 Å². The predicted octanol–water partition coefficient (Wildman–Crippen LogP) is 2.18. The molecule has 4 nitrogen and oxygen atoms in total. The first-order valence-corrected chi connectivity index (χ1v) is 8.30. The largest absolute Gasteiger partial charge is 0.319 e. The van der Waals surface area contributed by atoms with Crippen LogP contribution in [0.15, 0.2) is 23.1 Å². The molecule has 120 valence electrons. The molecular weight excluding hydrogens is 315 g/mol. The monoisotopic (exact) mass is 336 g/mol. The standard InChI is InChI=1S/C14H21FN2O2S.ClH/c1-11-9-13(3-4-14(11)15)20(18,19)17-7-5-12(6-8-17)10-16-2;/h3-4,9,12,16H,5-8,10H2,1-2H3;1H. The molecule has 1 saturated heterocycles. The van der Waals surface area contributed by atoms with Crippen molar-refractivity contribution in [3.8, 4) is 0 Å². The highest BCUT2D eigenvalue weighted by atomic mass is 35.5. The van der Waals surface area contributed by atoms with Gasteiger partial charge in [0.1, 0.15) is 5.82 Å². The Hall–Kier alpha value is -0.690. The summed E-state index contributed by atoms with van der Waals surface area (Å²) in [6, 6.07) is 3.97. The molecule has 0 aliphatic carbocycles. The second kappa shape index (κ2) is 7.54. The van der Waals surface area contributed by atoms with E-state index in [1.165, 1.54) is 22.5 Å². The number of nitrogens with one attached hydrogen (secondary N) is 1. The lowest BCUT2D eigenvalue weighted by Gasteiger charge is -2.31. The smallest absolute Gasteiger partial charge is 0.243 e. The predicted molar refractivity (Wildman–Crippen MR) is 83.8 cm³/mol. The number of nitrogens with zero attached hydrogens (tertiary/aromatic N) is 1. The number of rotatable bonds is 4. The molecule has 7 heteroatoms. The van der Waals surface area contributed by atoms with Crippen LogP contribution in [0.2, 0.25) is 0 Å². The summed E-state index contributed by atoms with van der Waals surface area (Å²) in [6.07, 6.45) is 1.72.